The highest BCUT2D eigenvalue weighted by Crippen LogP contribution is 2.27. The van der Waals surface area contributed by atoms with Gasteiger partial charge in [0.2, 0.25) is 5.91 Å². The first-order valence-electron chi connectivity index (χ1n) is 8.72. The Bertz CT molecular complexity index is 1110. The van der Waals surface area contributed by atoms with E-state index in [1.54, 1.807) is 0 Å². The van der Waals surface area contributed by atoms with Gasteiger partial charge in [0.15, 0.2) is 0 Å². The molecule has 0 fully saturated rings. The van der Waals surface area contributed by atoms with Crippen LogP contribution >= 0.6 is 27.3 Å². The Balaban J connectivity index is 1.79. The van der Waals surface area contributed by atoms with Gasteiger partial charge in [-0.05, 0) is 30.3 Å². The van der Waals surface area contributed by atoms with E-state index in [4.69, 9.17) is 9.47 Å². The van der Waals surface area contributed by atoms with Gasteiger partial charge in [0.25, 0.3) is 0 Å². The number of hydrogen-bond donors (Lipinski definition) is 1. The molecule has 0 aliphatic heterocycles. The van der Waals surface area contributed by atoms with E-state index >= 15 is 0 Å². The summed E-state index contributed by atoms with van der Waals surface area (Å²) in [6.45, 7) is 0. The maximum absolute atomic E-state index is 12.6. The number of amides is 1. The molecule has 1 heterocycles. The maximum atomic E-state index is 12.6. The zero-order chi connectivity index (χ0) is 21.7. The van der Waals surface area contributed by atoms with Crippen LogP contribution in [0.2, 0.25) is 0 Å². The second-order valence-electron chi connectivity index (χ2n) is 6.12. The first-order chi connectivity index (χ1) is 14.4. The molecule has 3 rings (SSSR count). The van der Waals surface area contributed by atoms with E-state index in [2.05, 4.69) is 26.2 Å². The fraction of sp³-hybridized carbons (Fsp3) is 0.143. The van der Waals surface area contributed by atoms with Crippen molar-refractivity contribution in [1.29, 1.82) is 0 Å². The van der Waals surface area contributed by atoms with Gasteiger partial charge in [-0.1, -0.05) is 28.1 Å². The number of halogens is 1. The highest BCUT2D eigenvalue weighted by molar-refractivity contribution is 9.10. The van der Waals surface area contributed by atoms with Crippen LogP contribution in [0.15, 0.2) is 52.3 Å². The summed E-state index contributed by atoms with van der Waals surface area (Å²) in [6.07, 6.45) is 0.00751. The lowest BCUT2D eigenvalue weighted by molar-refractivity contribution is -0.115. The molecular weight excluding hydrogens is 472 g/mol. The van der Waals surface area contributed by atoms with Crippen LogP contribution < -0.4 is 5.32 Å². The van der Waals surface area contributed by atoms with E-state index in [0.29, 0.717) is 5.69 Å². The SMILES string of the molecule is COC(=O)c1ccc(C(=O)OC)c(NC(=O)Cc2csc(-c3cccc(Br)c3)n2)c1. The second kappa shape index (κ2) is 9.64. The van der Waals surface area contributed by atoms with E-state index in [-0.39, 0.29) is 29.1 Å². The number of hydrogen-bond acceptors (Lipinski definition) is 7. The average molecular weight is 489 g/mol. The first-order valence-corrected chi connectivity index (χ1v) is 10.4. The Hall–Kier alpha value is -3.04. The number of aromatic nitrogens is 1. The third-order valence-corrected chi connectivity index (χ3v) is 5.52. The zero-order valence-electron chi connectivity index (χ0n) is 16.1. The lowest BCUT2D eigenvalue weighted by atomic mass is 10.1. The predicted molar refractivity (Wildman–Crippen MR) is 117 cm³/mol. The lowest BCUT2D eigenvalue weighted by Gasteiger charge is -2.11. The molecule has 9 heteroatoms. The van der Waals surface area contributed by atoms with Gasteiger partial charge in [-0.15, -0.1) is 11.3 Å². The number of thiazole rings is 1. The number of rotatable bonds is 6. The van der Waals surface area contributed by atoms with Crippen LogP contribution in [-0.2, 0) is 20.7 Å². The van der Waals surface area contributed by atoms with Crippen molar-refractivity contribution in [2.45, 2.75) is 6.42 Å². The van der Waals surface area contributed by atoms with Crippen LogP contribution in [0.3, 0.4) is 0 Å². The van der Waals surface area contributed by atoms with E-state index in [0.717, 1.165) is 15.0 Å². The topological polar surface area (TPSA) is 94.6 Å². The highest BCUT2D eigenvalue weighted by atomic mass is 79.9. The van der Waals surface area contributed by atoms with Gasteiger partial charge in [0.05, 0.1) is 43.1 Å². The minimum Gasteiger partial charge on any atom is -0.465 e. The Morgan fingerprint density at radius 2 is 1.83 bits per heavy atom. The molecule has 1 aromatic heterocycles. The molecular formula is C21H17BrN2O5S. The Labute approximate surface area is 185 Å². The van der Waals surface area contributed by atoms with Gasteiger partial charge in [-0.2, -0.15) is 0 Å². The van der Waals surface area contributed by atoms with Crippen molar-refractivity contribution in [3.63, 3.8) is 0 Å². The van der Waals surface area contributed by atoms with Gasteiger partial charge in [-0.25, -0.2) is 14.6 Å². The lowest BCUT2D eigenvalue weighted by Crippen LogP contribution is -2.18. The van der Waals surface area contributed by atoms with Crippen LogP contribution in [0, 0.1) is 0 Å². The summed E-state index contributed by atoms with van der Waals surface area (Å²) in [4.78, 5) is 40.9. The third kappa shape index (κ3) is 5.11. The monoisotopic (exact) mass is 488 g/mol. The molecule has 3 aromatic rings. The fourth-order valence-corrected chi connectivity index (χ4v) is 3.90. The van der Waals surface area contributed by atoms with Gasteiger partial charge in [0.1, 0.15) is 5.01 Å². The molecule has 154 valence electrons. The summed E-state index contributed by atoms with van der Waals surface area (Å²) in [5.41, 5.74) is 2.03. The first kappa shape index (κ1) is 21.7. The quantitative estimate of drug-likeness (QED) is 0.519. The van der Waals surface area contributed by atoms with Crippen LogP contribution in [-0.4, -0.2) is 37.0 Å². The second-order valence-corrected chi connectivity index (χ2v) is 7.90. The van der Waals surface area contributed by atoms with E-state index < -0.39 is 11.9 Å². The van der Waals surface area contributed by atoms with Crippen LogP contribution in [0.25, 0.3) is 10.6 Å². The Morgan fingerprint density at radius 1 is 1.07 bits per heavy atom. The molecule has 0 spiro atoms. The molecule has 0 radical (unpaired) electrons. The molecule has 0 aliphatic rings. The summed E-state index contributed by atoms with van der Waals surface area (Å²) in [5, 5.41) is 5.26. The van der Waals surface area contributed by atoms with Crippen molar-refractivity contribution >= 4 is 50.8 Å². The van der Waals surface area contributed by atoms with E-state index in [9.17, 15) is 14.4 Å². The standard InChI is InChI=1S/C21H17BrN2O5S/c1-28-20(26)13-6-7-16(21(27)29-2)17(9-13)24-18(25)10-15-11-30-19(23-15)12-4-3-5-14(22)8-12/h3-9,11H,10H2,1-2H3,(H,24,25). The van der Waals surface area contributed by atoms with Gasteiger partial charge in [-0.3, -0.25) is 4.79 Å². The molecule has 0 saturated heterocycles. The molecule has 0 bridgehead atoms. The minimum absolute atomic E-state index is 0.00751. The number of esters is 2. The van der Waals surface area contributed by atoms with Gasteiger partial charge in [0, 0.05) is 15.4 Å². The molecule has 0 aliphatic carbocycles. The van der Waals surface area contributed by atoms with Crippen molar-refractivity contribution in [3.05, 3.63) is 69.1 Å². The number of anilines is 1. The molecule has 2 aromatic carbocycles. The van der Waals surface area contributed by atoms with Gasteiger partial charge >= 0.3 is 11.9 Å². The molecule has 1 N–H and O–H groups in total. The number of benzene rings is 2. The highest BCUT2D eigenvalue weighted by Gasteiger charge is 2.18. The van der Waals surface area contributed by atoms with Crippen LogP contribution in [0.1, 0.15) is 26.4 Å². The Morgan fingerprint density at radius 3 is 2.53 bits per heavy atom. The number of carbonyl (C=O) groups excluding carboxylic acids is 3. The van der Waals surface area contributed by atoms with Crippen LogP contribution in [0.4, 0.5) is 5.69 Å². The normalized spacial score (nSPS) is 10.4. The van der Waals surface area contributed by atoms with Gasteiger partial charge < -0.3 is 14.8 Å². The summed E-state index contributed by atoms with van der Waals surface area (Å²) in [7, 11) is 2.49. The predicted octanol–water partition coefficient (Wildman–Crippen LogP) is 4.33. The number of nitrogens with zero attached hydrogens (tertiary/aromatic N) is 1. The van der Waals surface area contributed by atoms with Crippen LogP contribution in [0.5, 0.6) is 0 Å². The number of ether oxygens (including phenoxy) is 2. The molecule has 0 unspecified atom stereocenters. The van der Waals surface area contributed by atoms with Crippen molar-refractivity contribution in [3.8, 4) is 10.6 Å². The summed E-state index contributed by atoms with van der Waals surface area (Å²) in [6, 6.07) is 11.9. The van der Waals surface area contributed by atoms with Crippen molar-refractivity contribution in [1.82, 2.24) is 4.98 Å². The molecule has 0 atom stereocenters. The minimum atomic E-state index is -0.632. The number of nitrogens with one attached hydrogen (secondary N) is 1. The fourth-order valence-electron chi connectivity index (χ4n) is 2.68. The third-order valence-electron chi connectivity index (χ3n) is 4.09. The van der Waals surface area contributed by atoms with Crippen molar-refractivity contribution in [2.24, 2.45) is 0 Å². The van der Waals surface area contributed by atoms with E-state index in [1.165, 1.54) is 43.8 Å². The zero-order valence-corrected chi connectivity index (χ0v) is 18.5. The molecule has 7 nitrogen and oxygen atoms in total. The van der Waals surface area contributed by atoms with Crippen molar-refractivity contribution < 1.29 is 23.9 Å². The average Bonchev–Trinajstić information content (AvgIpc) is 3.20. The maximum Gasteiger partial charge on any atom is 0.339 e. The molecule has 0 saturated carbocycles. The molecule has 1 amide bonds. The summed E-state index contributed by atoms with van der Waals surface area (Å²) in [5.74, 6) is -1.60. The van der Waals surface area contributed by atoms with E-state index in [1.807, 2.05) is 29.6 Å². The summed E-state index contributed by atoms with van der Waals surface area (Å²) < 4.78 is 10.4. The smallest absolute Gasteiger partial charge is 0.339 e. The van der Waals surface area contributed by atoms with Crippen molar-refractivity contribution in [2.75, 3.05) is 19.5 Å². The molecule has 30 heavy (non-hydrogen) atoms. The Kier molecular flexibility index (Phi) is 6.96. The number of carbonyl (C=O) groups is 3. The summed E-state index contributed by atoms with van der Waals surface area (Å²) >= 11 is 4.86. The number of methoxy groups -OCH3 is 2. The largest absolute Gasteiger partial charge is 0.465 e.